The van der Waals surface area contributed by atoms with Gasteiger partial charge < -0.3 is 14.6 Å². The van der Waals surface area contributed by atoms with Crippen molar-refractivity contribution in [1.29, 1.82) is 0 Å². The van der Waals surface area contributed by atoms with E-state index >= 15 is 0 Å². The number of hydrogen-bond acceptors (Lipinski definition) is 7. The molecule has 1 unspecified atom stereocenters. The molecule has 3 aromatic carbocycles. The molecule has 6 rings (SSSR count). The summed E-state index contributed by atoms with van der Waals surface area (Å²) in [4.78, 5) is 33.1. The van der Waals surface area contributed by atoms with Crippen molar-refractivity contribution < 1.29 is 24.2 Å². The number of ketones is 1. The minimum absolute atomic E-state index is 0.0162. The van der Waals surface area contributed by atoms with Crippen molar-refractivity contribution in [3.05, 3.63) is 87.9 Å². The Morgan fingerprint density at radius 3 is 2.44 bits per heavy atom. The van der Waals surface area contributed by atoms with E-state index in [4.69, 9.17) is 21.1 Å². The average molecular weight is 561 g/mol. The van der Waals surface area contributed by atoms with E-state index < -0.39 is 17.7 Å². The van der Waals surface area contributed by atoms with Crippen LogP contribution in [-0.2, 0) is 15.0 Å². The van der Waals surface area contributed by atoms with Crippen molar-refractivity contribution >= 4 is 55.7 Å². The van der Waals surface area contributed by atoms with E-state index in [0.717, 1.165) is 10.3 Å². The highest BCUT2D eigenvalue weighted by Crippen LogP contribution is 2.45. The molecule has 39 heavy (non-hydrogen) atoms. The fraction of sp³-hybridized carbons (Fsp3) is 0.233. The lowest BCUT2D eigenvalue weighted by molar-refractivity contribution is -0.132. The zero-order chi connectivity index (χ0) is 27.5. The number of fused-ring (bicyclic) bond motifs is 2. The molecule has 0 radical (unpaired) electrons. The molecule has 2 aliphatic heterocycles. The van der Waals surface area contributed by atoms with Gasteiger partial charge in [0.15, 0.2) is 16.6 Å². The van der Waals surface area contributed by atoms with Gasteiger partial charge in [-0.15, -0.1) is 0 Å². The van der Waals surface area contributed by atoms with Crippen LogP contribution in [0.15, 0.2) is 66.2 Å². The Bertz CT molecular complexity index is 1670. The zero-order valence-electron chi connectivity index (χ0n) is 21.5. The molecule has 1 aromatic heterocycles. The summed E-state index contributed by atoms with van der Waals surface area (Å²) in [5.74, 6) is -0.815. The van der Waals surface area contributed by atoms with Crippen LogP contribution in [0.3, 0.4) is 0 Å². The van der Waals surface area contributed by atoms with E-state index in [-0.39, 0.29) is 16.7 Å². The minimum atomic E-state index is -0.886. The second-order valence-corrected chi connectivity index (χ2v) is 12.0. The number of hydrogen-bond donors (Lipinski definition) is 1. The second kappa shape index (κ2) is 9.39. The Morgan fingerprint density at radius 2 is 1.72 bits per heavy atom. The molecule has 4 aromatic rings. The van der Waals surface area contributed by atoms with E-state index in [2.05, 4.69) is 25.8 Å². The predicted octanol–water partition coefficient (Wildman–Crippen LogP) is 6.64. The zero-order valence-corrected chi connectivity index (χ0v) is 23.1. The van der Waals surface area contributed by atoms with E-state index in [1.165, 1.54) is 16.2 Å². The van der Waals surface area contributed by atoms with Crippen LogP contribution < -0.4 is 14.4 Å². The molecule has 0 spiro atoms. The lowest BCUT2D eigenvalue weighted by atomic mass is 9.85. The van der Waals surface area contributed by atoms with Gasteiger partial charge >= 0.3 is 5.91 Å². The van der Waals surface area contributed by atoms with Gasteiger partial charge in [0, 0.05) is 10.6 Å². The number of thiazole rings is 1. The quantitative estimate of drug-likeness (QED) is 0.171. The van der Waals surface area contributed by atoms with Gasteiger partial charge in [-0.05, 0) is 52.9 Å². The molecule has 1 amide bonds. The molecule has 1 saturated heterocycles. The van der Waals surface area contributed by atoms with Gasteiger partial charge in [0.2, 0.25) is 0 Å². The van der Waals surface area contributed by atoms with Crippen LogP contribution in [0.25, 0.3) is 16.0 Å². The first-order valence-electron chi connectivity index (χ1n) is 12.5. The summed E-state index contributed by atoms with van der Waals surface area (Å²) in [6.07, 6.45) is 0. The summed E-state index contributed by atoms with van der Waals surface area (Å²) in [6, 6.07) is 17.1. The van der Waals surface area contributed by atoms with Crippen LogP contribution in [0.5, 0.6) is 11.5 Å². The second-order valence-electron chi connectivity index (χ2n) is 10.5. The van der Waals surface area contributed by atoms with Crippen molar-refractivity contribution in [3.8, 4) is 11.5 Å². The van der Waals surface area contributed by atoms with Gasteiger partial charge in [-0.1, -0.05) is 68.0 Å². The minimum Gasteiger partial charge on any atom is -0.507 e. The summed E-state index contributed by atoms with van der Waals surface area (Å²) < 4.78 is 12.1. The van der Waals surface area contributed by atoms with Gasteiger partial charge in [0.25, 0.3) is 5.78 Å². The molecular formula is C30H25ClN2O5S. The number of nitrogens with zero attached hydrogens (tertiary/aromatic N) is 2. The number of carbonyl (C=O) groups excluding carboxylic acids is 2. The number of rotatable bonds is 3. The third-order valence-corrected chi connectivity index (χ3v) is 8.15. The first kappa shape index (κ1) is 25.4. The van der Waals surface area contributed by atoms with Crippen LogP contribution in [-0.4, -0.2) is 35.0 Å². The van der Waals surface area contributed by atoms with Crippen molar-refractivity contribution in [2.24, 2.45) is 0 Å². The Balaban J connectivity index is 1.53. The van der Waals surface area contributed by atoms with Crippen LogP contribution in [0.2, 0.25) is 5.02 Å². The first-order chi connectivity index (χ1) is 18.6. The van der Waals surface area contributed by atoms with E-state index in [0.29, 0.717) is 51.5 Å². The number of aromatic nitrogens is 1. The molecule has 3 heterocycles. The number of amides is 1. The standard InChI is InChI=1S/C30H25ClN2O5S/c1-30(2,3)18-7-4-16(5-8-18)25-24(26(34)17-6-11-21-22(14-17)38-13-12-37-21)27(35)28(36)33(25)29-32-20-10-9-19(31)15-23(20)39-29/h4-11,14-15,25,34H,12-13H2,1-3H3/b26-24+. The number of anilines is 1. The summed E-state index contributed by atoms with van der Waals surface area (Å²) in [5, 5.41) is 12.4. The number of aliphatic hydroxyl groups excluding tert-OH is 1. The molecule has 0 bridgehead atoms. The maximum atomic E-state index is 13.6. The van der Waals surface area contributed by atoms with Crippen molar-refractivity contribution in [2.75, 3.05) is 18.1 Å². The van der Waals surface area contributed by atoms with E-state index in [1.807, 2.05) is 24.3 Å². The summed E-state index contributed by atoms with van der Waals surface area (Å²) in [7, 11) is 0. The molecule has 198 valence electrons. The smallest absolute Gasteiger partial charge is 0.301 e. The topological polar surface area (TPSA) is 89.0 Å². The lowest BCUT2D eigenvalue weighted by Crippen LogP contribution is -2.29. The summed E-state index contributed by atoms with van der Waals surface area (Å²) >= 11 is 7.45. The number of Topliss-reactive ketones (excluding diaryl/α,β-unsaturated/α-hetero) is 1. The third kappa shape index (κ3) is 4.43. The first-order valence-corrected chi connectivity index (χ1v) is 13.7. The highest BCUT2D eigenvalue weighted by atomic mass is 35.5. The van der Waals surface area contributed by atoms with Crippen LogP contribution in [0.1, 0.15) is 43.5 Å². The fourth-order valence-corrected chi connectivity index (χ4v) is 6.11. The highest BCUT2D eigenvalue weighted by molar-refractivity contribution is 7.22. The van der Waals surface area contributed by atoms with E-state index in [9.17, 15) is 14.7 Å². The molecule has 1 N–H and O–H groups in total. The molecule has 0 aliphatic carbocycles. The molecule has 2 aliphatic rings. The van der Waals surface area contributed by atoms with Gasteiger partial charge in [-0.25, -0.2) is 4.98 Å². The maximum Gasteiger partial charge on any atom is 0.301 e. The summed E-state index contributed by atoms with van der Waals surface area (Å²) in [6.45, 7) is 7.15. The molecule has 0 saturated carbocycles. The number of benzene rings is 3. The van der Waals surface area contributed by atoms with Crippen LogP contribution in [0.4, 0.5) is 5.13 Å². The third-order valence-electron chi connectivity index (χ3n) is 6.90. The molecule has 1 fully saturated rings. The average Bonchev–Trinajstić information content (AvgIpc) is 3.45. The van der Waals surface area contributed by atoms with Crippen LogP contribution in [0, 0.1) is 0 Å². The number of aliphatic hydroxyl groups is 1. The van der Waals surface area contributed by atoms with Gasteiger partial charge in [-0.3, -0.25) is 14.5 Å². The van der Waals surface area contributed by atoms with Gasteiger partial charge in [0.05, 0.1) is 21.8 Å². The maximum absolute atomic E-state index is 13.6. The SMILES string of the molecule is CC(C)(C)c1ccc(C2/C(=C(\O)c3ccc4c(c3)OCCO4)C(=O)C(=O)N2c2nc3ccc(Cl)cc3s2)cc1. The molecule has 1 atom stereocenters. The Kier molecular flexibility index (Phi) is 6.12. The summed E-state index contributed by atoms with van der Waals surface area (Å²) in [5.41, 5.74) is 2.69. The Morgan fingerprint density at radius 1 is 1.00 bits per heavy atom. The van der Waals surface area contributed by atoms with Gasteiger partial charge in [0.1, 0.15) is 19.0 Å². The number of ether oxygens (including phenoxy) is 2. The molecule has 9 heteroatoms. The molecular weight excluding hydrogens is 536 g/mol. The Labute approximate surface area is 234 Å². The van der Waals surface area contributed by atoms with Crippen molar-refractivity contribution in [1.82, 2.24) is 4.98 Å². The number of halogens is 1. The predicted molar refractivity (Wildman–Crippen MR) is 152 cm³/mol. The number of carbonyl (C=O) groups is 2. The van der Waals surface area contributed by atoms with E-state index in [1.54, 1.807) is 36.4 Å². The highest BCUT2D eigenvalue weighted by Gasteiger charge is 2.48. The molecule has 7 nitrogen and oxygen atoms in total. The Hall–Kier alpha value is -3.88. The fourth-order valence-electron chi connectivity index (χ4n) is 4.85. The van der Waals surface area contributed by atoms with Crippen molar-refractivity contribution in [3.63, 3.8) is 0 Å². The van der Waals surface area contributed by atoms with Crippen molar-refractivity contribution in [2.45, 2.75) is 32.2 Å². The van der Waals surface area contributed by atoms with Crippen LogP contribution >= 0.6 is 22.9 Å². The lowest BCUT2D eigenvalue weighted by Gasteiger charge is -2.25. The van der Waals surface area contributed by atoms with Gasteiger partial charge in [-0.2, -0.15) is 0 Å². The monoisotopic (exact) mass is 560 g/mol. The largest absolute Gasteiger partial charge is 0.507 e. The normalized spacial score (nSPS) is 18.7.